The van der Waals surface area contributed by atoms with Crippen LogP contribution in [0.5, 0.6) is 0 Å². The van der Waals surface area contributed by atoms with Crippen molar-refractivity contribution in [3.63, 3.8) is 0 Å². The first kappa shape index (κ1) is 20.3. The summed E-state index contributed by atoms with van der Waals surface area (Å²) in [6.45, 7) is 0. The van der Waals surface area contributed by atoms with Crippen LogP contribution in [-0.2, 0) is 23.4 Å². The highest BCUT2D eigenvalue weighted by Crippen LogP contribution is 2.55. The molecular weight excluding hydrogens is 426 g/mol. The van der Waals surface area contributed by atoms with Crippen LogP contribution >= 0.6 is 23.1 Å². The van der Waals surface area contributed by atoms with Crippen molar-refractivity contribution in [1.29, 1.82) is 0 Å². The van der Waals surface area contributed by atoms with E-state index in [-0.39, 0.29) is 17.0 Å². The van der Waals surface area contributed by atoms with E-state index in [0.29, 0.717) is 12.2 Å². The number of H-pyrrole nitrogens is 1. The average Bonchev–Trinajstić information content (AvgIpc) is 3.08. The van der Waals surface area contributed by atoms with Gasteiger partial charge in [-0.25, -0.2) is 4.98 Å². The van der Waals surface area contributed by atoms with E-state index in [1.807, 2.05) is 0 Å². The quantitative estimate of drug-likeness (QED) is 0.623. The molecule has 31 heavy (non-hydrogen) atoms. The van der Waals surface area contributed by atoms with Crippen LogP contribution in [0.4, 0.5) is 0 Å². The Labute approximate surface area is 191 Å². The number of thioether (sulfide) groups is 1. The summed E-state index contributed by atoms with van der Waals surface area (Å²) in [4.78, 5) is 35.3. The van der Waals surface area contributed by atoms with Gasteiger partial charge in [-0.1, -0.05) is 0 Å². The van der Waals surface area contributed by atoms with Crippen molar-refractivity contribution < 1.29 is 4.79 Å². The Bertz CT molecular complexity index is 1040. The standard InChI is InChI=1S/C24H31N3O2S2/c28-20(27-24-10-14-7-15(11-24)9-16(8-14)12-24)5-6-30-13-19-25-22(29)21-17-3-1-2-4-18(17)31-23(21)26-19/h14-16H,1-13H2,(H,27,28)(H,25,26,29). The van der Waals surface area contributed by atoms with Gasteiger partial charge < -0.3 is 10.3 Å². The van der Waals surface area contributed by atoms with E-state index in [9.17, 15) is 9.59 Å². The van der Waals surface area contributed by atoms with Gasteiger partial charge >= 0.3 is 0 Å². The van der Waals surface area contributed by atoms with Crippen LogP contribution in [0.2, 0.25) is 0 Å². The van der Waals surface area contributed by atoms with E-state index < -0.39 is 0 Å². The van der Waals surface area contributed by atoms with Crippen LogP contribution in [0.3, 0.4) is 0 Å². The average molecular weight is 458 g/mol. The minimum absolute atomic E-state index is 0.0135. The van der Waals surface area contributed by atoms with Crippen LogP contribution in [0.15, 0.2) is 4.79 Å². The fraction of sp³-hybridized carbons (Fsp3) is 0.708. The smallest absolute Gasteiger partial charge is 0.259 e. The third-order valence-electron chi connectivity index (χ3n) is 8.03. The lowest BCUT2D eigenvalue weighted by atomic mass is 9.53. The van der Waals surface area contributed by atoms with Gasteiger partial charge in [-0.2, -0.15) is 11.8 Å². The van der Waals surface area contributed by atoms with Crippen molar-refractivity contribution >= 4 is 39.2 Å². The summed E-state index contributed by atoms with van der Waals surface area (Å²) in [6.07, 6.45) is 12.8. The highest BCUT2D eigenvalue weighted by atomic mass is 32.2. The van der Waals surface area contributed by atoms with Gasteiger partial charge in [0.15, 0.2) is 0 Å². The van der Waals surface area contributed by atoms with Gasteiger partial charge in [0.1, 0.15) is 10.7 Å². The molecule has 0 aliphatic heterocycles. The van der Waals surface area contributed by atoms with Crippen LogP contribution in [0.1, 0.15) is 74.1 Å². The maximum Gasteiger partial charge on any atom is 0.259 e. The molecule has 0 saturated heterocycles. The predicted octanol–water partition coefficient (Wildman–Crippen LogP) is 4.57. The molecule has 0 radical (unpaired) electrons. The number of rotatable bonds is 6. The van der Waals surface area contributed by atoms with Crippen molar-refractivity contribution in [3.05, 3.63) is 26.6 Å². The molecule has 2 aromatic heterocycles. The number of nitrogens with one attached hydrogen (secondary N) is 2. The molecule has 7 heteroatoms. The molecule has 2 heterocycles. The monoisotopic (exact) mass is 457 g/mol. The van der Waals surface area contributed by atoms with E-state index in [1.54, 1.807) is 23.1 Å². The summed E-state index contributed by atoms with van der Waals surface area (Å²) in [5.74, 6) is 4.91. The SMILES string of the molecule is O=C(CCSCc1nc2sc3c(c2c(=O)[nH]1)CCCC3)NC12CC3CC(CC(C3)C1)C2. The molecule has 4 saturated carbocycles. The number of aryl methyl sites for hydroxylation is 2. The summed E-state index contributed by atoms with van der Waals surface area (Å²) in [5, 5.41) is 4.28. The molecule has 2 aromatic rings. The first-order valence-electron chi connectivity index (χ1n) is 12.0. The molecule has 0 spiro atoms. The van der Waals surface area contributed by atoms with Gasteiger partial charge in [-0.15, -0.1) is 11.3 Å². The molecule has 0 unspecified atom stereocenters. The summed E-state index contributed by atoms with van der Waals surface area (Å²) in [5.41, 5.74) is 1.35. The Hall–Kier alpha value is -1.34. The second-order valence-corrected chi connectivity index (χ2v) is 12.6. The molecular formula is C24H31N3O2S2. The molecule has 0 atom stereocenters. The van der Waals surface area contributed by atoms with E-state index in [2.05, 4.69) is 10.3 Å². The Morgan fingerprint density at radius 3 is 2.58 bits per heavy atom. The van der Waals surface area contributed by atoms with Crippen molar-refractivity contribution in [2.75, 3.05) is 5.75 Å². The zero-order valence-electron chi connectivity index (χ0n) is 18.0. The van der Waals surface area contributed by atoms with E-state index in [4.69, 9.17) is 4.98 Å². The van der Waals surface area contributed by atoms with Crippen molar-refractivity contribution in [1.82, 2.24) is 15.3 Å². The highest BCUT2D eigenvalue weighted by molar-refractivity contribution is 7.98. The number of carbonyl (C=O) groups is 1. The molecule has 166 valence electrons. The third kappa shape index (κ3) is 3.86. The van der Waals surface area contributed by atoms with E-state index in [0.717, 1.165) is 52.4 Å². The number of aromatic nitrogens is 2. The molecule has 4 fully saturated rings. The minimum Gasteiger partial charge on any atom is -0.351 e. The minimum atomic E-state index is 0.0135. The van der Waals surface area contributed by atoms with Crippen molar-refractivity contribution in [2.24, 2.45) is 17.8 Å². The number of hydrogen-bond acceptors (Lipinski definition) is 5. The van der Waals surface area contributed by atoms with Crippen LogP contribution < -0.4 is 10.9 Å². The summed E-state index contributed by atoms with van der Waals surface area (Å²) < 4.78 is 0. The summed E-state index contributed by atoms with van der Waals surface area (Å²) in [6, 6.07) is 0. The normalized spacial score (nSPS) is 31.2. The number of fused-ring (bicyclic) bond motifs is 3. The molecule has 7 rings (SSSR count). The Morgan fingerprint density at radius 2 is 1.84 bits per heavy atom. The van der Waals surface area contributed by atoms with Crippen LogP contribution in [0, 0.1) is 17.8 Å². The lowest BCUT2D eigenvalue weighted by Gasteiger charge is -2.56. The van der Waals surface area contributed by atoms with Crippen molar-refractivity contribution in [2.45, 2.75) is 81.9 Å². The van der Waals surface area contributed by atoms with Gasteiger partial charge in [0, 0.05) is 22.6 Å². The fourth-order valence-corrected chi connectivity index (χ4v) is 9.32. The lowest BCUT2D eigenvalue weighted by molar-refractivity contribution is -0.126. The zero-order chi connectivity index (χ0) is 21.0. The molecule has 5 nitrogen and oxygen atoms in total. The van der Waals surface area contributed by atoms with Gasteiger partial charge in [0.2, 0.25) is 5.91 Å². The predicted molar refractivity (Wildman–Crippen MR) is 127 cm³/mol. The topological polar surface area (TPSA) is 74.8 Å². The van der Waals surface area contributed by atoms with Crippen molar-refractivity contribution in [3.8, 4) is 0 Å². The summed E-state index contributed by atoms with van der Waals surface area (Å²) >= 11 is 3.39. The maximum atomic E-state index is 12.7. The number of hydrogen-bond donors (Lipinski definition) is 2. The van der Waals surface area contributed by atoms with Gasteiger partial charge in [-0.3, -0.25) is 9.59 Å². The number of carbonyl (C=O) groups excluding carboxylic acids is 1. The second kappa shape index (κ2) is 7.91. The van der Waals surface area contributed by atoms with E-state index >= 15 is 0 Å². The van der Waals surface area contributed by atoms with Gasteiger partial charge in [0.05, 0.1) is 11.1 Å². The zero-order valence-corrected chi connectivity index (χ0v) is 19.6. The summed E-state index contributed by atoms with van der Waals surface area (Å²) in [7, 11) is 0. The Kier molecular flexibility index (Phi) is 5.17. The molecule has 0 aromatic carbocycles. The van der Waals surface area contributed by atoms with Crippen LogP contribution in [-0.4, -0.2) is 27.2 Å². The lowest BCUT2D eigenvalue weighted by Crippen LogP contribution is -2.59. The number of nitrogens with zero attached hydrogens (tertiary/aromatic N) is 1. The molecule has 1 amide bonds. The second-order valence-electron chi connectivity index (χ2n) is 10.5. The van der Waals surface area contributed by atoms with E-state index in [1.165, 1.54) is 61.8 Å². The molecule has 2 N–H and O–H groups in total. The largest absolute Gasteiger partial charge is 0.351 e. The number of aromatic amines is 1. The Morgan fingerprint density at radius 1 is 1.13 bits per heavy atom. The van der Waals surface area contributed by atoms with Gasteiger partial charge in [0.25, 0.3) is 5.56 Å². The molecule has 4 bridgehead atoms. The molecule has 5 aliphatic rings. The Balaban J connectivity index is 1.04. The first-order valence-corrected chi connectivity index (χ1v) is 14.0. The fourth-order valence-electron chi connectivity index (χ4n) is 7.23. The first-order chi connectivity index (χ1) is 15.1. The molecule has 5 aliphatic carbocycles. The van der Waals surface area contributed by atoms with Crippen LogP contribution in [0.25, 0.3) is 10.2 Å². The number of thiophene rings is 1. The van der Waals surface area contributed by atoms with Gasteiger partial charge in [-0.05, 0) is 87.5 Å². The number of amides is 1. The maximum absolute atomic E-state index is 12.7. The highest BCUT2D eigenvalue weighted by Gasteiger charge is 2.51. The third-order valence-corrected chi connectivity index (χ3v) is 10.2.